The zero-order valence-corrected chi connectivity index (χ0v) is 11.1. The van der Waals surface area contributed by atoms with Crippen LogP contribution in [-0.2, 0) is 4.79 Å². The molecule has 1 heterocycles. The fourth-order valence-electron chi connectivity index (χ4n) is 2.37. The van der Waals surface area contributed by atoms with Crippen LogP contribution >= 0.6 is 0 Å². The normalized spacial score (nSPS) is 20.4. The lowest BCUT2D eigenvalue weighted by Crippen LogP contribution is -2.39. The Morgan fingerprint density at radius 3 is 2.56 bits per heavy atom. The van der Waals surface area contributed by atoms with Gasteiger partial charge in [-0.15, -0.1) is 0 Å². The number of carbonyl (C=O) groups excluding carboxylic acids is 1. The number of amides is 1. The summed E-state index contributed by atoms with van der Waals surface area (Å²) in [5.74, 6) is -0.0374. The summed E-state index contributed by atoms with van der Waals surface area (Å²) in [5.41, 5.74) is 1.96. The van der Waals surface area contributed by atoms with Gasteiger partial charge in [-0.3, -0.25) is 4.79 Å². The summed E-state index contributed by atoms with van der Waals surface area (Å²) < 4.78 is 0. The Labute approximate surface area is 108 Å². The Bertz CT molecular complexity index is 402. The molecule has 0 aromatic heterocycles. The predicted molar refractivity (Wildman–Crippen MR) is 74.9 cm³/mol. The third kappa shape index (κ3) is 3.74. The number of benzene rings is 1. The number of carbonyl (C=O) groups is 1. The molecule has 0 aliphatic carbocycles. The number of piperidine rings is 1. The number of likely N-dealkylation sites (N-methyl/N-ethyl adjacent to an activating group) is 1. The van der Waals surface area contributed by atoms with Gasteiger partial charge in [-0.25, -0.2) is 0 Å². The summed E-state index contributed by atoms with van der Waals surface area (Å²) in [6.45, 7) is 3.80. The number of likely N-dealkylation sites (tertiary alicyclic amines) is 1. The average Bonchev–Trinajstić information content (AvgIpc) is 2.31. The van der Waals surface area contributed by atoms with E-state index in [9.17, 15) is 4.79 Å². The summed E-state index contributed by atoms with van der Waals surface area (Å²) in [4.78, 5) is 13.3. The summed E-state index contributed by atoms with van der Waals surface area (Å²) >= 11 is 0. The van der Waals surface area contributed by atoms with E-state index >= 15 is 0 Å². The van der Waals surface area contributed by atoms with Gasteiger partial charge in [0.2, 0.25) is 5.91 Å². The van der Waals surface area contributed by atoms with Crippen molar-refractivity contribution in [2.24, 2.45) is 0 Å². The zero-order chi connectivity index (χ0) is 13.0. The van der Waals surface area contributed by atoms with Crippen molar-refractivity contribution in [3.63, 3.8) is 0 Å². The molecule has 1 aromatic rings. The van der Waals surface area contributed by atoms with Gasteiger partial charge in [-0.1, -0.05) is 0 Å². The van der Waals surface area contributed by atoms with Crippen LogP contribution in [0, 0.1) is 0 Å². The Balaban J connectivity index is 1.91. The molecule has 2 N–H and O–H groups in total. The van der Waals surface area contributed by atoms with Gasteiger partial charge in [0.1, 0.15) is 0 Å². The van der Waals surface area contributed by atoms with Crippen molar-refractivity contribution >= 4 is 17.3 Å². The quantitative estimate of drug-likeness (QED) is 0.860. The highest BCUT2D eigenvalue weighted by molar-refractivity contribution is 5.88. The number of hydrogen-bond acceptors (Lipinski definition) is 3. The van der Waals surface area contributed by atoms with E-state index in [1.165, 1.54) is 26.3 Å². The molecule has 4 heteroatoms. The fraction of sp³-hybridized carbons (Fsp3) is 0.500. The number of rotatable bonds is 3. The first-order chi connectivity index (χ1) is 8.63. The van der Waals surface area contributed by atoms with Crippen molar-refractivity contribution in [1.82, 2.24) is 4.90 Å². The molecular weight excluding hydrogens is 226 g/mol. The van der Waals surface area contributed by atoms with E-state index in [4.69, 9.17) is 0 Å². The molecule has 1 unspecified atom stereocenters. The van der Waals surface area contributed by atoms with E-state index in [0.29, 0.717) is 6.04 Å². The van der Waals surface area contributed by atoms with E-state index in [2.05, 4.69) is 22.6 Å². The molecule has 0 bridgehead atoms. The molecule has 1 atom stereocenters. The van der Waals surface area contributed by atoms with Crippen LogP contribution in [0.5, 0.6) is 0 Å². The molecular formula is C14H21N3O. The van der Waals surface area contributed by atoms with Gasteiger partial charge in [0, 0.05) is 30.9 Å². The second-order valence-electron chi connectivity index (χ2n) is 5.00. The van der Waals surface area contributed by atoms with Gasteiger partial charge in [0.05, 0.1) is 0 Å². The Morgan fingerprint density at radius 2 is 1.94 bits per heavy atom. The number of hydrogen-bond donors (Lipinski definition) is 2. The maximum Gasteiger partial charge on any atom is 0.221 e. The zero-order valence-electron chi connectivity index (χ0n) is 11.1. The molecule has 1 fully saturated rings. The minimum Gasteiger partial charge on any atom is -0.381 e. The highest BCUT2D eigenvalue weighted by atomic mass is 16.1. The van der Waals surface area contributed by atoms with E-state index < -0.39 is 0 Å². The van der Waals surface area contributed by atoms with Gasteiger partial charge in [-0.2, -0.15) is 0 Å². The van der Waals surface area contributed by atoms with Crippen LogP contribution in [-0.4, -0.2) is 37.0 Å². The summed E-state index contributed by atoms with van der Waals surface area (Å²) in [7, 11) is 2.16. The highest BCUT2D eigenvalue weighted by Crippen LogP contribution is 2.17. The van der Waals surface area contributed by atoms with Gasteiger partial charge < -0.3 is 15.5 Å². The van der Waals surface area contributed by atoms with Gasteiger partial charge in [-0.05, 0) is 50.7 Å². The molecule has 0 spiro atoms. The lowest BCUT2D eigenvalue weighted by Gasteiger charge is -2.30. The minimum atomic E-state index is -0.0374. The maximum atomic E-state index is 10.9. The second kappa shape index (κ2) is 5.87. The van der Waals surface area contributed by atoms with Crippen molar-refractivity contribution in [2.75, 3.05) is 30.8 Å². The molecule has 1 aliphatic rings. The van der Waals surface area contributed by atoms with Gasteiger partial charge in [0.15, 0.2) is 0 Å². The topological polar surface area (TPSA) is 44.4 Å². The monoisotopic (exact) mass is 247 g/mol. The molecule has 1 saturated heterocycles. The molecule has 2 rings (SSSR count). The van der Waals surface area contributed by atoms with Crippen LogP contribution in [0.1, 0.15) is 19.8 Å². The highest BCUT2D eigenvalue weighted by Gasteiger charge is 2.16. The van der Waals surface area contributed by atoms with Crippen LogP contribution in [0.15, 0.2) is 24.3 Å². The number of nitrogens with zero attached hydrogens (tertiary/aromatic N) is 1. The Kier molecular flexibility index (Phi) is 4.20. The molecule has 18 heavy (non-hydrogen) atoms. The van der Waals surface area contributed by atoms with E-state index in [0.717, 1.165) is 17.9 Å². The Hall–Kier alpha value is -1.55. The van der Waals surface area contributed by atoms with Gasteiger partial charge >= 0.3 is 0 Å². The third-order valence-corrected chi connectivity index (χ3v) is 3.20. The third-order valence-electron chi connectivity index (χ3n) is 3.20. The van der Waals surface area contributed by atoms with Gasteiger partial charge in [0.25, 0.3) is 0 Å². The van der Waals surface area contributed by atoms with Crippen molar-refractivity contribution < 1.29 is 4.79 Å². The number of anilines is 2. The van der Waals surface area contributed by atoms with Crippen molar-refractivity contribution in [3.8, 4) is 0 Å². The number of nitrogens with one attached hydrogen (secondary N) is 2. The maximum absolute atomic E-state index is 10.9. The molecule has 0 radical (unpaired) electrons. The van der Waals surface area contributed by atoms with E-state index in [1.54, 1.807) is 0 Å². The molecule has 0 saturated carbocycles. The Morgan fingerprint density at radius 1 is 1.28 bits per heavy atom. The molecule has 1 aromatic carbocycles. The first-order valence-corrected chi connectivity index (χ1v) is 6.46. The molecule has 98 valence electrons. The summed E-state index contributed by atoms with van der Waals surface area (Å²) in [6.07, 6.45) is 2.47. The van der Waals surface area contributed by atoms with Crippen LogP contribution in [0.25, 0.3) is 0 Å². The largest absolute Gasteiger partial charge is 0.381 e. The van der Waals surface area contributed by atoms with Crippen molar-refractivity contribution in [2.45, 2.75) is 25.8 Å². The second-order valence-corrected chi connectivity index (χ2v) is 5.00. The average molecular weight is 247 g/mol. The minimum absolute atomic E-state index is 0.0374. The first kappa shape index (κ1) is 12.9. The first-order valence-electron chi connectivity index (χ1n) is 6.46. The summed E-state index contributed by atoms with van der Waals surface area (Å²) in [5, 5.41) is 6.31. The van der Waals surface area contributed by atoms with Crippen molar-refractivity contribution in [3.05, 3.63) is 24.3 Å². The lowest BCUT2D eigenvalue weighted by molar-refractivity contribution is -0.114. The van der Waals surface area contributed by atoms with E-state index in [-0.39, 0.29) is 5.91 Å². The fourth-order valence-corrected chi connectivity index (χ4v) is 2.37. The van der Waals surface area contributed by atoms with Crippen LogP contribution in [0.2, 0.25) is 0 Å². The van der Waals surface area contributed by atoms with Crippen LogP contribution in [0.4, 0.5) is 11.4 Å². The standard InChI is InChI=1S/C14H21N3O/c1-11(18)15-12-5-7-13(8-6-12)16-14-4-3-9-17(2)10-14/h5-8,14,16H,3-4,9-10H2,1-2H3,(H,15,18). The predicted octanol–water partition coefficient (Wildman–Crippen LogP) is 2.15. The SMILES string of the molecule is CC(=O)Nc1ccc(NC2CCCN(C)C2)cc1. The summed E-state index contributed by atoms with van der Waals surface area (Å²) in [6, 6.07) is 8.40. The van der Waals surface area contributed by atoms with Crippen molar-refractivity contribution in [1.29, 1.82) is 0 Å². The van der Waals surface area contributed by atoms with Crippen LogP contribution < -0.4 is 10.6 Å². The van der Waals surface area contributed by atoms with Crippen LogP contribution in [0.3, 0.4) is 0 Å². The molecule has 1 aliphatic heterocycles. The smallest absolute Gasteiger partial charge is 0.221 e. The molecule has 4 nitrogen and oxygen atoms in total. The van der Waals surface area contributed by atoms with E-state index in [1.807, 2.05) is 24.3 Å². The molecule has 1 amide bonds. The lowest BCUT2D eigenvalue weighted by atomic mass is 10.1.